The zero-order chi connectivity index (χ0) is 30.1. The standard InChI is InChI=1S/C30H35N3O8S/c1-37-22-14-20(15-23(16-22)38-2)33(27(34)18-32-29(35)26-8-6-12-42-26)28(30(36)31-17-21-7-5-11-41-21)19-9-10-24(39-3)25(13-19)40-4/h6,8-10,12-16,21,28H,5,7,11,17-18H2,1-4H3,(H,31,36)(H,32,35)/t21-,28-/m0/s1. The van der Waals surface area contributed by atoms with E-state index in [1.54, 1.807) is 53.9 Å². The molecule has 1 aliphatic rings. The topological polar surface area (TPSA) is 125 Å². The van der Waals surface area contributed by atoms with E-state index in [0.717, 1.165) is 12.8 Å². The lowest BCUT2D eigenvalue weighted by molar-refractivity contribution is -0.126. The predicted octanol–water partition coefficient (Wildman–Crippen LogP) is 3.58. The maximum Gasteiger partial charge on any atom is 0.261 e. The van der Waals surface area contributed by atoms with Gasteiger partial charge in [0, 0.05) is 31.4 Å². The average molecular weight is 598 g/mol. The molecule has 2 heterocycles. The highest BCUT2D eigenvalue weighted by atomic mass is 32.1. The van der Waals surface area contributed by atoms with Crippen molar-refractivity contribution in [1.82, 2.24) is 10.6 Å². The number of thiophene rings is 1. The smallest absolute Gasteiger partial charge is 0.261 e. The van der Waals surface area contributed by atoms with Crippen LogP contribution in [0.15, 0.2) is 53.9 Å². The lowest BCUT2D eigenvalue weighted by Gasteiger charge is -2.32. The molecule has 2 N–H and O–H groups in total. The summed E-state index contributed by atoms with van der Waals surface area (Å²) in [5, 5.41) is 7.41. The lowest BCUT2D eigenvalue weighted by Crippen LogP contribution is -2.48. The number of benzene rings is 2. The van der Waals surface area contributed by atoms with Crippen molar-refractivity contribution in [2.24, 2.45) is 0 Å². The number of hydrogen-bond acceptors (Lipinski definition) is 9. The third-order valence-electron chi connectivity index (χ3n) is 6.79. The lowest BCUT2D eigenvalue weighted by atomic mass is 10.0. The van der Waals surface area contributed by atoms with E-state index >= 15 is 0 Å². The molecular formula is C30H35N3O8S. The minimum Gasteiger partial charge on any atom is -0.497 e. The van der Waals surface area contributed by atoms with Crippen molar-refractivity contribution in [2.75, 3.05) is 53.0 Å². The minimum absolute atomic E-state index is 0.119. The van der Waals surface area contributed by atoms with Gasteiger partial charge in [-0.25, -0.2) is 0 Å². The van der Waals surface area contributed by atoms with Crippen LogP contribution in [0.1, 0.15) is 34.1 Å². The molecule has 0 spiro atoms. The van der Waals surface area contributed by atoms with Gasteiger partial charge in [0.05, 0.1) is 51.7 Å². The number of nitrogens with one attached hydrogen (secondary N) is 2. The highest BCUT2D eigenvalue weighted by Gasteiger charge is 2.35. The minimum atomic E-state index is -1.17. The molecule has 12 heteroatoms. The van der Waals surface area contributed by atoms with Gasteiger partial charge in [-0.05, 0) is 42.0 Å². The van der Waals surface area contributed by atoms with Gasteiger partial charge in [0.2, 0.25) is 11.8 Å². The molecule has 1 aliphatic heterocycles. The quantitative estimate of drug-likeness (QED) is 0.307. The molecule has 0 aliphatic carbocycles. The number of methoxy groups -OCH3 is 4. The monoisotopic (exact) mass is 597 g/mol. The Balaban J connectivity index is 1.78. The molecule has 4 rings (SSSR count). The van der Waals surface area contributed by atoms with Gasteiger partial charge in [-0.3, -0.25) is 19.3 Å². The summed E-state index contributed by atoms with van der Waals surface area (Å²) in [5.41, 5.74) is 0.783. The van der Waals surface area contributed by atoms with E-state index in [-0.39, 0.29) is 19.2 Å². The number of amides is 3. The largest absolute Gasteiger partial charge is 0.497 e. The fourth-order valence-electron chi connectivity index (χ4n) is 4.66. The Kier molecular flexibility index (Phi) is 10.6. The van der Waals surface area contributed by atoms with Gasteiger partial charge < -0.3 is 34.3 Å². The Hall–Kier alpha value is -4.29. The summed E-state index contributed by atoms with van der Waals surface area (Å²) in [6, 6.07) is 12.2. The van der Waals surface area contributed by atoms with Crippen LogP contribution in [0.25, 0.3) is 0 Å². The summed E-state index contributed by atoms with van der Waals surface area (Å²) in [6.45, 7) is 0.540. The molecule has 0 unspecified atom stereocenters. The predicted molar refractivity (Wildman–Crippen MR) is 158 cm³/mol. The SMILES string of the molecule is COc1cc(OC)cc(N(C(=O)CNC(=O)c2cccs2)[C@H](C(=O)NC[C@@H]2CCCO2)c2ccc(OC)c(OC)c2)c1. The molecule has 0 bridgehead atoms. The molecule has 1 fully saturated rings. The fourth-order valence-corrected chi connectivity index (χ4v) is 5.30. The highest BCUT2D eigenvalue weighted by Crippen LogP contribution is 2.37. The van der Waals surface area contributed by atoms with E-state index in [1.807, 2.05) is 0 Å². The van der Waals surface area contributed by atoms with E-state index < -0.39 is 23.8 Å². The van der Waals surface area contributed by atoms with Gasteiger partial charge in [-0.2, -0.15) is 0 Å². The first kappa shape index (κ1) is 30.7. The average Bonchev–Trinajstić information content (AvgIpc) is 3.75. The van der Waals surface area contributed by atoms with Crippen molar-refractivity contribution in [3.05, 3.63) is 64.4 Å². The summed E-state index contributed by atoms with van der Waals surface area (Å²) in [6.07, 6.45) is 1.62. The summed E-state index contributed by atoms with van der Waals surface area (Å²) in [7, 11) is 5.99. The zero-order valence-corrected chi connectivity index (χ0v) is 24.8. The van der Waals surface area contributed by atoms with Crippen molar-refractivity contribution in [1.29, 1.82) is 0 Å². The Morgan fingerprint density at radius 1 is 0.952 bits per heavy atom. The Morgan fingerprint density at radius 2 is 1.69 bits per heavy atom. The second-order valence-electron chi connectivity index (χ2n) is 9.39. The van der Waals surface area contributed by atoms with Crippen LogP contribution >= 0.6 is 11.3 Å². The number of carbonyl (C=O) groups is 3. The van der Waals surface area contributed by atoms with Crippen molar-refractivity contribution in [2.45, 2.75) is 25.0 Å². The highest BCUT2D eigenvalue weighted by molar-refractivity contribution is 7.12. The van der Waals surface area contributed by atoms with Crippen molar-refractivity contribution >= 4 is 34.7 Å². The molecule has 1 saturated heterocycles. The van der Waals surface area contributed by atoms with Crippen LogP contribution < -0.4 is 34.5 Å². The number of rotatable bonds is 13. The van der Waals surface area contributed by atoms with Crippen LogP contribution in [0.4, 0.5) is 5.69 Å². The summed E-state index contributed by atoms with van der Waals surface area (Å²) in [4.78, 5) is 42.6. The molecule has 3 aromatic rings. The maximum absolute atomic E-state index is 14.0. The van der Waals surface area contributed by atoms with E-state index in [9.17, 15) is 14.4 Å². The van der Waals surface area contributed by atoms with Gasteiger partial charge >= 0.3 is 0 Å². The van der Waals surface area contributed by atoms with Gasteiger partial charge in [0.1, 0.15) is 17.5 Å². The number of ether oxygens (including phenoxy) is 5. The molecule has 0 saturated carbocycles. The zero-order valence-electron chi connectivity index (χ0n) is 24.0. The number of anilines is 1. The van der Waals surface area contributed by atoms with E-state index in [1.165, 1.54) is 44.7 Å². The fraction of sp³-hybridized carbons (Fsp3) is 0.367. The van der Waals surface area contributed by atoms with Crippen LogP contribution in [-0.2, 0) is 14.3 Å². The number of hydrogen-bond donors (Lipinski definition) is 2. The molecule has 3 amide bonds. The van der Waals surface area contributed by atoms with Crippen molar-refractivity contribution in [3.63, 3.8) is 0 Å². The van der Waals surface area contributed by atoms with Crippen LogP contribution in [0.5, 0.6) is 23.0 Å². The van der Waals surface area contributed by atoms with E-state index in [4.69, 9.17) is 23.7 Å². The Bertz CT molecular complexity index is 1350. The number of carbonyl (C=O) groups excluding carboxylic acids is 3. The molecule has 0 radical (unpaired) electrons. The third kappa shape index (κ3) is 7.31. The van der Waals surface area contributed by atoms with Crippen molar-refractivity contribution < 1.29 is 38.1 Å². The molecule has 224 valence electrons. The second kappa shape index (κ2) is 14.6. The second-order valence-corrected chi connectivity index (χ2v) is 10.3. The van der Waals surface area contributed by atoms with Crippen LogP contribution in [0.2, 0.25) is 0 Å². The van der Waals surface area contributed by atoms with Gasteiger partial charge in [0.15, 0.2) is 11.5 Å². The normalized spacial score (nSPS) is 14.9. The van der Waals surface area contributed by atoms with Crippen molar-refractivity contribution in [3.8, 4) is 23.0 Å². The van der Waals surface area contributed by atoms with Gasteiger partial charge in [0.25, 0.3) is 5.91 Å². The molecule has 1 aromatic heterocycles. The first-order valence-electron chi connectivity index (χ1n) is 13.4. The van der Waals surface area contributed by atoms with E-state index in [0.29, 0.717) is 45.7 Å². The number of nitrogens with zero attached hydrogens (tertiary/aromatic N) is 1. The van der Waals surface area contributed by atoms with Gasteiger partial charge in [-0.15, -0.1) is 11.3 Å². The molecular weight excluding hydrogens is 562 g/mol. The first-order chi connectivity index (χ1) is 20.4. The molecule has 2 aromatic carbocycles. The van der Waals surface area contributed by atoms with Crippen LogP contribution in [-0.4, -0.2) is 72.0 Å². The Morgan fingerprint density at radius 3 is 2.29 bits per heavy atom. The summed E-state index contributed by atoms with van der Waals surface area (Å²) < 4.78 is 27.5. The molecule has 2 atom stereocenters. The van der Waals surface area contributed by atoms with Crippen LogP contribution in [0, 0.1) is 0 Å². The van der Waals surface area contributed by atoms with Crippen LogP contribution in [0.3, 0.4) is 0 Å². The summed E-state index contributed by atoms with van der Waals surface area (Å²) >= 11 is 1.26. The van der Waals surface area contributed by atoms with Gasteiger partial charge in [-0.1, -0.05) is 12.1 Å². The maximum atomic E-state index is 14.0. The molecule has 42 heavy (non-hydrogen) atoms. The Labute approximate surface area is 248 Å². The molecule has 11 nitrogen and oxygen atoms in total. The van der Waals surface area contributed by atoms with E-state index in [2.05, 4.69) is 10.6 Å². The third-order valence-corrected chi connectivity index (χ3v) is 7.65. The summed E-state index contributed by atoms with van der Waals surface area (Å²) in [5.74, 6) is 0.287. The first-order valence-corrected chi connectivity index (χ1v) is 14.2.